The topological polar surface area (TPSA) is 16.4 Å². The standard InChI is InChI=1S/C50H31NOS/c1-2-14-35-33(13-1)31-45(38-16-4-3-15-37(35)38)51(34-29-27-32(28-30-34)36-20-12-26-48-49(36)43-19-7-10-25-47(43)53-48)44-23-8-5-17-39(44)41-21-11-22-42-40-18-6-9-24-46(40)52-50(41)42/h1-31H. The largest absolute Gasteiger partial charge is 0.455 e. The Bertz CT molecular complexity index is 3190. The molecule has 9 aromatic carbocycles. The Morgan fingerprint density at radius 3 is 1.91 bits per heavy atom. The highest BCUT2D eigenvalue weighted by Crippen LogP contribution is 2.48. The van der Waals surface area contributed by atoms with Crippen molar-refractivity contribution in [2.24, 2.45) is 0 Å². The maximum Gasteiger partial charge on any atom is 0.143 e. The molecule has 248 valence electrons. The van der Waals surface area contributed by atoms with Crippen molar-refractivity contribution in [2.75, 3.05) is 4.90 Å². The van der Waals surface area contributed by atoms with Crippen molar-refractivity contribution in [3.63, 3.8) is 0 Å². The first-order valence-corrected chi connectivity index (χ1v) is 18.8. The van der Waals surface area contributed by atoms with Crippen LogP contribution in [0.1, 0.15) is 0 Å². The highest BCUT2D eigenvalue weighted by molar-refractivity contribution is 7.25. The molecule has 0 atom stereocenters. The van der Waals surface area contributed by atoms with Crippen LogP contribution in [0.15, 0.2) is 192 Å². The average Bonchev–Trinajstić information content (AvgIpc) is 3.80. The van der Waals surface area contributed by atoms with Gasteiger partial charge in [-0.3, -0.25) is 0 Å². The zero-order chi connectivity index (χ0) is 34.9. The fourth-order valence-corrected chi connectivity index (χ4v) is 9.42. The van der Waals surface area contributed by atoms with Crippen LogP contribution in [0, 0.1) is 0 Å². The summed E-state index contributed by atoms with van der Waals surface area (Å²) in [6.07, 6.45) is 0. The molecule has 0 bridgehead atoms. The van der Waals surface area contributed by atoms with Crippen LogP contribution in [0.2, 0.25) is 0 Å². The summed E-state index contributed by atoms with van der Waals surface area (Å²) in [6.45, 7) is 0. The summed E-state index contributed by atoms with van der Waals surface area (Å²) < 4.78 is 9.25. The molecule has 0 fully saturated rings. The molecule has 2 aromatic heterocycles. The number of benzene rings is 9. The van der Waals surface area contributed by atoms with E-state index in [0.29, 0.717) is 0 Å². The minimum absolute atomic E-state index is 0.897. The molecule has 0 N–H and O–H groups in total. The van der Waals surface area contributed by atoms with E-state index in [-0.39, 0.29) is 0 Å². The third kappa shape index (κ3) is 4.71. The lowest BCUT2D eigenvalue weighted by atomic mass is 9.96. The number of hydrogen-bond acceptors (Lipinski definition) is 3. The van der Waals surface area contributed by atoms with Gasteiger partial charge in [-0.1, -0.05) is 146 Å². The number of nitrogens with zero attached hydrogens (tertiary/aromatic N) is 1. The zero-order valence-electron chi connectivity index (χ0n) is 28.7. The normalized spacial score (nSPS) is 11.8. The number of fused-ring (bicyclic) bond motifs is 9. The Hall–Kier alpha value is -6.68. The molecule has 0 spiro atoms. The van der Waals surface area contributed by atoms with Gasteiger partial charge in [-0.25, -0.2) is 0 Å². The molecule has 11 rings (SSSR count). The molecule has 3 heteroatoms. The number of furan rings is 1. The predicted molar refractivity (Wildman–Crippen MR) is 227 cm³/mol. The van der Waals surface area contributed by atoms with Gasteiger partial charge in [0, 0.05) is 53.1 Å². The SMILES string of the molecule is c1ccc(N(c2ccc(-c3cccc4sc5ccccc5c34)cc2)c2cc3ccccc3c3ccccc23)c(-c2cccc3c2oc2ccccc23)c1. The van der Waals surface area contributed by atoms with Gasteiger partial charge >= 0.3 is 0 Å². The summed E-state index contributed by atoms with van der Waals surface area (Å²) in [5.41, 5.74) is 9.72. The van der Waals surface area contributed by atoms with Crippen molar-refractivity contribution in [1.82, 2.24) is 0 Å². The third-order valence-electron chi connectivity index (χ3n) is 10.7. The number of rotatable bonds is 5. The molecular formula is C50H31NOS. The fraction of sp³-hybridized carbons (Fsp3) is 0. The Balaban J connectivity index is 1.16. The maximum absolute atomic E-state index is 6.62. The molecule has 0 unspecified atom stereocenters. The summed E-state index contributed by atoms with van der Waals surface area (Å²) in [5, 5.41) is 9.76. The van der Waals surface area contributed by atoms with Gasteiger partial charge in [0.1, 0.15) is 11.2 Å². The van der Waals surface area contributed by atoms with Crippen molar-refractivity contribution in [3.05, 3.63) is 188 Å². The second kappa shape index (κ2) is 11.9. The Morgan fingerprint density at radius 2 is 1.02 bits per heavy atom. The van der Waals surface area contributed by atoms with E-state index >= 15 is 0 Å². The van der Waals surface area contributed by atoms with Gasteiger partial charge in [-0.2, -0.15) is 0 Å². The van der Waals surface area contributed by atoms with E-state index in [1.54, 1.807) is 0 Å². The first kappa shape index (κ1) is 30.0. The van der Waals surface area contributed by atoms with Crippen molar-refractivity contribution < 1.29 is 4.42 Å². The summed E-state index contributed by atoms with van der Waals surface area (Å²) in [7, 11) is 0. The number of anilines is 3. The molecule has 0 saturated carbocycles. The van der Waals surface area contributed by atoms with Crippen LogP contribution in [0.3, 0.4) is 0 Å². The summed E-state index contributed by atoms with van der Waals surface area (Å²) >= 11 is 1.86. The third-order valence-corrected chi connectivity index (χ3v) is 11.8. The minimum Gasteiger partial charge on any atom is -0.455 e. The van der Waals surface area contributed by atoms with E-state index in [9.17, 15) is 0 Å². The minimum atomic E-state index is 0.897. The maximum atomic E-state index is 6.62. The van der Waals surface area contributed by atoms with Crippen LogP contribution in [0.25, 0.3) is 85.9 Å². The molecule has 11 aromatic rings. The Labute approximate surface area is 310 Å². The van der Waals surface area contributed by atoms with Crippen molar-refractivity contribution in [2.45, 2.75) is 0 Å². The van der Waals surface area contributed by atoms with Gasteiger partial charge < -0.3 is 9.32 Å². The van der Waals surface area contributed by atoms with E-state index in [4.69, 9.17) is 4.42 Å². The quantitative estimate of drug-likeness (QED) is 0.167. The van der Waals surface area contributed by atoms with Crippen molar-refractivity contribution >= 4 is 92.1 Å². The van der Waals surface area contributed by atoms with E-state index in [0.717, 1.165) is 50.1 Å². The molecule has 53 heavy (non-hydrogen) atoms. The van der Waals surface area contributed by atoms with Gasteiger partial charge in [-0.05, 0) is 69.8 Å². The van der Waals surface area contributed by atoms with Crippen LogP contribution < -0.4 is 4.90 Å². The first-order chi connectivity index (χ1) is 26.3. The van der Waals surface area contributed by atoms with E-state index in [1.165, 1.54) is 52.8 Å². The molecule has 0 amide bonds. The molecular weight excluding hydrogens is 663 g/mol. The average molecular weight is 694 g/mol. The van der Waals surface area contributed by atoms with Gasteiger partial charge in [0.2, 0.25) is 0 Å². The van der Waals surface area contributed by atoms with E-state index in [1.807, 2.05) is 17.4 Å². The van der Waals surface area contributed by atoms with Gasteiger partial charge in [0.25, 0.3) is 0 Å². The van der Waals surface area contributed by atoms with Crippen LogP contribution in [-0.4, -0.2) is 0 Å². The lowest BCUT2D eigenvalue weighted by molar-refractivity contribution is 0.670. The predicted octanol–water partition coefficient (Wildman–Crippen LogP) is 15.1. The van der Waals surface area contributed by atoms with Gasteiger partial charge in [-0.15, -0.1) is 11.3 Å². The van der Waals surface area contributed by atoms with Crippen LogP contribution in [-0.2, 0) is 0 Å². The van der Waals surface area contributed by atoms with Crippen LogP contribution in [0.4, 0.5) is 17.1 Å². The van der Waals surface area contributed by atoms with Crippen molar-refractivity contribution in [3.8, 4) is 22.3 Å². The van der Waals surface area contributed by atoms with E-state index < -0.39 is 0 Å². The molecule has 0 aliphatic rings. The second-order valence-electron chi connectivity index (χ2n) is 13.6. The molecule has 0 saturated heterocycles. The van der Waals surface area contributed by atoms with Gasteiger partial charge in [0.15, 0.2) is 0 Å². The first-order valence-electron chi connectivity index (χ1n) is 18.0. The smallest absolute Gasteiger partial charge is 0.143 e. The monoisotopic (exact) mass is 693 g/mol. The number of hydrogen-bond donors (Lipinski definition) is 0. The molecule has 0 aliphatic heterocycles. The Kier molecular flexibility index (Phi) is 6.76. The summed E-state index contributed by atoms with van der Waals surface area (Å²) in [4.78, 5) is 2.44. The van der Waals surface area contributed by atoms with Crippen molar-refractivity contribution in [1.29, 1.82) is 0 Å². The molecule has 2 nitrogen and oxygen atoms in total. The lowest BCUT2D eigenvalue weighted by Crippen LogP contribution is -2.12. The highest BCUT2D eigenvalue weighted by atomic mass is 32.1. The van der Waals surface area contributed by atoms with Crippen LogP contribution in [0.5, 0.6) is 0 Å². The number of thiophene rings is 1. The Morgan fingerprint density at radius 1 is 0.396 bits per heavy atom. The highest BCUT2D eigenvalue weighted by Gasteiger charge is 2.23. The van der Waals surface area contributed by atoms with E-state index in [2.05, 4.69) is 187 Å². The molecule has 0 aliphatic carbocycles. The zero-order valence-corrected chi connectivity index (χ0v) is 29.5. The lowest BCUT2D eigenvalue weighted by Gasteiger charge is -2.29. The van der Waals surface area contributed by atoms with Crippen LogP contribution >= 0.6 is 11.3 Å². The molecule has 0 radical (unpaired) electrons. The molecule has 2 heterocycles. The summed E-state index contributed by atoms with van der Waals surface area (Å²) in [6, 6.07) is 68.0. The number of para-hydroxylation sites is 3. The fourth-order valence-electron chi connectivity index (χ4n) is 8.29. The summed E-state index contributed by atoms with van der Waals surface area (Å²) in [5.74, 6) is 0. The van der Waals surface area contributed by atoms with Gasteiger partial charge in [0.05, 0.1) is 11.4 Å². The second-order valence-corrected chi connectivity index (χ2v) is 14.7.